The number of nitriles is 1. The van der Waals surface area contributed by atoms with Crippen LogP contribution in [0.1, 0.15) is 25.7 Å². The van der Waals surface area contributed by atoms with Crippen molar-refractivity contribution in [1.82, 2.24) is 25.5 Å². The van der Waals surface area contributed by atoms with Gasteiger partial charge in [0.25, 0.3) is 0 Å². The van der Waals surface area contributed by atoms with E-state index in [1.165, 1.54) is 4.80 Å². The standard InChI is InChI=1S/C13H14N6OS/c14-9-13(4-1-2-5-13)15-11(20)7-19-17-12(16-18-19)10-3-6-21-8-10/h3,6,8H,1-2,4-5,7H2,(H,15,20). The lowest BCUT2D eigenvalue weighted by molar-refractivity contribution is -0.123. The van der Waals surface area contributed by atoms with Crippen molar-refractivity contribution in [3.8, 4) is 17.5 Å². The van der Waals surface area contributed by atoms with Crippen LogP contribution in [-0.4, -0.2) is 31.7 Å². The van der Waals surface area contributed by atoms with Crippen LogP contribution in [0.2, 0.25) is 0 Å². The molecular formula is C13H14N6OS. The van der Waals surface area contributed by atoms with Gasteiger partial charge in [-0.05, 0) is 42.3 Å². The molecule has 0 radical (unpaired) electrons. The summed E-state index contributed by atoms with van der Waals surface area (Å²) in [7, 11) is 0. The number of thiophene rings is 1. The van der Waals surface area contributed by atoms with Crippen LogP contribution in [0.15, 0.2) is 16.8 Å². The van der Waals surface area contributed by atoms with E-state index in [-0.39, 0.29) is 12.5 Å². The smallest absolute Gasteiger partial charge is 0.244 e. The molecular weight excluding hydrogens is 288 g/mol. The van der Waals surface area contributed by atoms with Gasteiger partial charge in [-0.3, -0.25) is 4.79 Å². The minimum Gasteiger partial charge on any atom is -0.336 e. The largest absolute Gasteiger partial charge is 0.336 e. The number of carbonyl (C=O) groups excluding carboxylic acids is 1. The van der Waals surface area contributed by atoms with Crippen LogP contribution >= 0.6 is 11.3 Å². The number of nitrogens with zero attached hydrogens (tertiary/aromatic N) is 5. The summed E-state index contributed by atoms with van der Waals surface area (Å²) in [4.78, 5) is 13.3. The van der Waals surface area contributed by atoms with E-state index in [2.05, 4.69) is 26.8 Å². The van der Waals surface area contributed by atoms with Gasteiger partial charge in [0.05, 0.1) is 6.07 Å². The van der Waals surface area contributed by atoms with Crippen molar-refractivity contribution in [1.29, 1.82) is 5.26 Å². The molecule has 2 heterocycles. The Hall–Kier alpha value is -2.27. The topological polar surface area (TPSA) is 96.5 Å². The quantitative estimate of drug-likeness (QED) is 0.919. The highest BCUT2D eigenvalue weighted by Crippen LogP contribution is 2.28. The van der Waals surface area contributed by atoms with Gasteiger partial charge in [-0.25, -0.2) is 0 Å². The van der Waals surface area contributed by atoms with Crippen LogP contribution in [0.3, 0.4) is 0 Å². The van der Waals surface area contributed by atoms with Gasteiger partial charge in [0, 0.05) is 10.9 Å². The van der Waals surface area contributed by atoms with Crippen molar-refractivity contribution in [2.24, 2.45) is 0 Å². The zero-order chi connectivity index (χ0) is 14.7. The fourth-order valence-electron chi connectivity index (χ4n) is 2.50. The lowest BCUT2D eigenvalue weighted by Crippen LogP contribution is -2.46. The van der Waals surface area contributed by atoms with Crippen LogP contribution in [0.25, 0.3) is 11.4 Å². The second-order valence-corrected chi connectivity index (χ2v) is 5.88. The molecule has 0 spiro atoms. The van der Waals surface area contributed by atoms with Crippen LogP contribution in [0.5, 0.6) is 0 Å². The highest BCUT2D eigenvalue weighted by atomic mass is 32.1. The van der Waals surface area contributed by atoms with Gasteiger partial charge in [-0.2, -0.15) is 21.4 Å². The van der Waals surface area contributed by atoms with Gasteiger partial charge in [0.1, 0.15) is 12.1 Å². The molecule has 0 atom stereocenters. The van der Waals surface area contributed by atoms with Crippen molar-refractivity contribution in [2.45, 2.75) is 37.8 Å². The molecule has 7 nitrogen and oxygen atoms in total. The molecule has 0 unspecified atom stereocenters. The van der Waals surface area contributed by atoms with Gasteiger partial charge in [-0.1, -0.05) is 0 Å². The second kappa shape index (κ2) is 5.61. The van der Waals surface area contributed by atoms with Crippen molar-refractivity contribution in [3.63, 3.8) is 0 Å². The van der Waals surface area contributed by atoms with Crippen molar-refractivity contribution < 1.29 is 4.79 Å². The number of amides is 1. The average Bonchev–Trinajstić information content (AvgIpc) is 3.19. The molecule has 1 fully saturated rings. The summed E-state index contributed by atoms with van der Waals surface area (Å²) in [5, 5.41) is 27.9. The first-order valence-electron chi connectivity index (χ1n) is 6.73. The summed E-state index contributed by atoms with van der Waals surface area (Å²) in [5.74, 6) is 0.243. The van der Waals surface area contributed by atoms with Gasteiger partial charge >= 0.3 is 0 Å². The molecule has 0 bridgehead atoms. The zero-order valence-corrected chi connectivity index (χ0v) is 12.1. The number of tetrazole rings is 1. The molecule has 108 valence electrons. The Morgan fingerprint density at radius 3 is 3.00 bits per heavy atom. The Kier molecular flexibility index (Phi) is 3.66. The molecule has 2 aromatic heterocycles. The predicted octanol–water partition coefficient (Wildman–Crippen LogP) is 1.35. The molecule has 1 aliphatic carbocycles. The van der Waals surface area contributed by atoms with E-state index in [0.29, 0.717) is 18.7 Å². The summed E-state index contributed by atoms with van der Waals surface area (Å²) >= 11 is 1.55. The van der Waals surface area contributed by atoms with E-state index in [9.17, 15) is 10.1 Å². The molecule has 1 amide bonds. The molecule has 3 rings (SSSR count). The lowest BCUT2D eigenvalue weighted by Gasteiger charge is -2.21. The van der Waals surface area contributed by atoms with Gasteiger partial charge in [-0.15, -0.1) is 10.2 Å². The lowest BCUT2D eigenvalue weighted by atomic mass is 10.00. The monoisotopic (exact) mass is 302 g/mol. The zero-order valence-electron chi connectivity index (χ0n) is 11.3. The van der Waals surface area contributed by atoms with Crippen LogP contribution in [0.4, 0.5) is 0 Å². The van der Waals surface area contributed by atoms with Crippen molar-refractivity contribution in [2.75, 3.05) is 0 Å². The van der Waals surface area contributed by atoms with Gasteiger partial charge in [0.2, 0.25) is 11.7 Å². The third-order valence-electron chi connectivity index (χ3n) is 3.57. The number of carbonyl (C=O) groups is 1. The second-order valence-electron chi connectivity index (χ2n) is 5.10. The highest BCUT2D eigenvalue weighted by molar-refractivity contribution is 7.08. The minimum absolute atomic E-state index is 0.0272. The minimum atomic E-state index is -0.714. The van der Waals surface area contributed by atoms with E-state index in [1.54, 1.807) is 11.3 Å². The number of hydrogen-bond acceptors (Lipinski definition) is 6. The fourth-order valence-corrected chi connectivity index (χ4v) is 3.13. The number of rotatable bonds is 4. The molecule has 2 aromatic rings. The first kappa shape index (κ1) is 13.7. The molecule has 0 aromatic carbocycles. The Balaban J connectivity index is 1.64. The van der Waals surface area contributed by atoms with E-state index >= 15 is 0 Å². The molecule has 1 aliphatic rings. The molecule has 0 saturated heterocycles. The Labute approximate surface area is 125 Å². The molecule has 8 heteroatoms. The van der Waals surface area contributed by atoms with Crippen LogP contribution in [0, 0.1) is 11.3 Å². The SMILES string of the molecule is N#CC1(NC(=O)Cn2nnc(-c3ccsc3)n2)CCCC1. The normalized spacial score (nSPS) is 16.5. The summed E-state index contributed by atoms with van der Waals surface area (Å²) in [6.45, 7) is -0.0272. The maximum atomic E-state index is 12.0. The summed E-state index contributed by atoms with van der Waals surface area (Å²) in [6, 6.07) is 4.12. The average molecular weight is 302 g/mol. The van der Waals surface area contributed by atoms with Crippen molar-refractivity contribution in [3.05, 3.63) is 16.8 Å². The first-order chi connectivity index (χ1) is 10.2. The third-order valence-corrected chi connectivity index (χ3v) is 4.25. The van der Waals surface area contributed by atoms with E-state index in [0.717, 1.165) is 18.4 Å². The highest BCUT2D eigenvalue weighted by Gasteiger charge is 2.35. The predicted molar refractivity (Wildman–Crippen MR) is 76.1 cm³/mol. The maximum Gasteiger partial charge on any atom is 0.244 e. The third kappa shape index (κ3) is 2.92. The van der Waals surface area contributed by atoms with Crippen LogP contribution < -0.4 is 5.32 Å². The summed E-state index contributed by atoms with van der Waals surface area (Å²) in [5.41, 5.74) is 0.171. The van der Waals surface area contributed by atoms with E-state index in [1.807, 2.05) is 16.8 Å². The van der Waals surface area contributed by atoms with E-state index < -0.39 is 5.54 Å². The Morgan fingerprint density at radius 2 is 2.33 bits per heavy atom. The summed E-state index contributed by atoms with van der Waals surface area (Å²) in [6.07, 6.45) is 3.36. The molecule has 1 N–H and O–H groups in total. The van der Waals surface area contributed by atoms with Crippen molar-refractivity contribution >= 4 is 17.2 Å². The maximum absolute atomic E-state index is 12.0. The number of hydrogen-bond donors (Lipinski definition) is 1. The number of nitrogens with one attached hydrogen (secondary N) is 1. The van der Waals surface area contributed by atoms with E-state index in [4.69, 9.17) is 0 Å². The summed E-state index contributed by atoms with van der Waals surface area (Å²) < 4.78 is 0. The Bertz CT molecular complexity index is 665. The van der Waals surface area contributed by atoms with Gasteiger partial charge in [0.15, 0.2) is 0 Å². The fraction of sp³-hybridized carbons (Fsp3) is 0.462. The first-order valence-corrected chi connectivity index (χ1v) is 7.68. The molecule has 21 heavy (non-hydrogen) atoms. The van der Waals surface area contributed by atoms with Crippen LogP contribution in [-0.2, 0) is 11.3 Å². The number of aromatic nitrogens is 4. The Morgan fingerprint density at radius 1 is 1.52 bits per heavy atom. The molecule has 1 saturated carbocycles. The van der Waals surface area contributed by atoms with Gasteiger partial charge < -0.3 is 5.32 Å². The molecule has 0 aliphatic heterocycles.